The number of benzene rings is 2. The zero-order valence-electron chi connectivity index (χ0n) is 16.5. The van der Waals surface area contributed by atoms with Crippen molar-refractivity contribution < 1.29 is 13.9 Å². The van der Waals surface area contributed by atoms with E-state index in [1.165, 1.54) is 18.6 Å². The number of carbonyl (C=O) groups is 1. The Morgan fingerprint density at radius 3 is 2.66 bits per heavy atom. The standard InChI is InChI=1S/C23H24FN3O2/c1-26-21(8-9-25-26)16-29-22-14-19(13-20(24)15-22)17-6-5-7-18(12-17)23(28)27-10-3-2-4-11-27/h5-9,12-15H,2-4,10-11,16H2,1H3. The van der Waals surface area contributed by atoms with Gasteiger partial charge >= 0.3 is 0 Å². The van der Waals surface area contributed by atoms with Gasteiger partial charge in [0.25, 0.3) is 5.91 Å². The highest BCUT2D eigenvalue weighted by molar-refractivity contribution is 5.95. The van der Waals surface area contributed by atoms with Gasteiger partial charge in [0.1, 0.15) is 18.2 Å². The van der Waals surface area contributed by atoms with Crippen LogP contribution in [0, 0.1) is 5.82 Å². The largest absolute Gasteiger partial charge is 0.487 e. The molecule has 3 aromatic rings. The number of hydrogen-bond donors (Lipinski definition) is 0. The molecule has 5 nitrogen and oxygen atoms in total. The van der Waals surface area contributed by atoms with Crippen molar-refractivity contribution in [2.45, 2.75) is 25.9 Å². The van der Waals surface area contributed by atoms with Crippen molar-refractivity contribution in [3.05, 3.63) is 71.8 Å². The molecule has 6 heteroatoms. The second-order valence-electron chi connectivity index (χ2n) is 7.34. The average Bonchev–Trinajstić information content (AvgIpc) is 3.17. The van der Waals surface area contributed by atoms with Crippen LogP contribution in [0.25, 0.3) is 11.1 Å². The molecule has 1 amide bonds. The lowest BCUT2D eigenvalue weighted by Gasteiger charge is -2.26. The van der Waals surface area contributed by atoms with Gasteiger partial charge in [-0.1, -0.05) is 12.1 Å². The van der Waals surface area contributed by atoms with E-state index in [1.54, 1.807) is 16.9 Å². The van der Waals surface area contributed by atoms with E-state index in [0.717, 1.165) is 37.2 Å². The Kier molecular flexibility index (Phi) is 5.60. The molecule has 1 saturated heterocycles. The molecule has 0 atom stereocenters. The highest BCUT2D eigenvalue weighted by atomic mass is 19.1. The minimum atomic E-state index is -0.379. The molecule has 0 radical (unpaired) electrons. The molecule has 0 N–H and O–H groups in total. The van der Waals surface area contributed by atoms with Gasteiger partial charge in [0.2, 0.25) is 0 Å². The number of ether oxygens (including phenoxy) is 1. The fourth-order valence-corrected chi connectivity index (χ4v) is 3.62. The van der Waals surface area contributed by atoms with Crippen LogP contribution in [0.15, 0.2) is 54.7 Å². The lowest BCUT2D eigenvalue weighted by Crippen LogP contribution is -2.35. The number of hydrogen-bond acceptors (Lipinski definition) is 3. The summed E-state index contributed by atoms with van der Waals surface area (Å²) in [5.74, 6) is 0.0971. The molecule has 1 aromatic heterocycles. The number of amides is 1. The Morgan fingerprint density at radius 1 is 1.07 bits per heavy atom. The Hall–Kier alpha value is -3.15. The fourth-order valence-electron chi connectivity index (χ4n) is 3.62. The maximum atomic E-state index is 14.2. The van der Waals surface area contributed by atoms with Crippen LogP contribution in [0.2, 0.25) is 0 Å². The van der Waals surface area contributed by atoms with Crippen LogP contribution in [0.1, 0.15) is 35.3 Å². The molecular formula is C23H24FN3O2. The number of aromatic nitrogens is 2. The highest BCUT2D eigenvalue weighted by Gasteiger charge is 2.18. The smallest absolute Gasteiger partial charge is 0.253 e. The Bertz CT molecular complexity index is 1010. The second-order valence-corrected chi connectivity index (χ2v) is 7.34. The normalized spacial score (nSPS) is 14.1. The molecule has 2 aromatic carbocycles. The number of halogens is 1. The predicted molar refractivity (Wildman–Crippen MR) is 109 cm³/mol. The summed E-state index contributed by atoms with van der Waals surface area (Å²) >= 11 is 0. The monoisotopic (exact) mass is 393 g/mol. The van der Waals surface area contributed by atoms with Crippen LogP contribution >= 0.6 is 0 Å². The first-order valence-electron chi connectivity index (χ1n) is 9.90. The number of rotatable bonds is 5. The molecule has 0 bridgehead atoms. The van der Waals surface area contributed by atoms with Crippen molar-refractivity contribution in [3.63, 3.8) is 0 Å². The van der Waals surface area contributed by atoms with E-state index in [9.17, 15) is 9.18 Å². The zero-order valence-corrected chi connectivity index (χ0v) is 16.5. The summed E-state index contributed by atoms with van der Waals surface area (Å²) in [6, 6.07) is 13.8. The summed E-state index contributed by atoms with van der Waals surface area (Å²) in [6.07, 6.45) is 4.97. The molecule has 4 rings (SSSR count). The molecule has 0 saturated carbocycles. The molecular weight excluding hydrogens is 369 g/mol. The summed E-state index contributed by atoms with van der Waals surface area (Å²) in [4.78, 5) is 14.7. The molecule has 0 aliphatic carbocycles. The van der Waals surface area contributed by atoms with E-state index in [1.807, 2.05) is 42.3 Å². The van der Waals surface area contributed by atoms with Gasteiger partial charge in [0, 0.05) is 38.0 Å². The molecule has 0 spiro atoms. The van der Waals surface area contributed by atoms with E-state index in [4.69, 9.17) is 4.74 Å². The number of likely N-dealkylation sites (tertiary alicyclic amines) is 1. The van der Waals surface area contributed by atoms with Crippen molar-refractivity contribution in [2.24, 2.45) is 7.05 Å². The third-order valence-corrected chi connectivity index (χ3v) is 5.27. The van der Waals surface area contributed by atoms with Crippen molar-refractivity contribution in [1.29, 1.82) is 0 Å². The van der Waals surface area contributed by atoms with Gasteiger partial charge < -0.3 is 9.64 Å². The molecule has 1 aliphatic rings. The van der Waals surface area contributed by atoms with Crippen LogP contribution in [0.5, 0.6) is 5.75 Å². The van der Waals surface area contributed by atoms with Crippen molar-refractivity contribution in [2.75, 3.05) is 13.1 Å². The van der Waals surface area contributed by atoms with Gasteiger partial charge in [-0.2, -0.15) is 5.10 Å². The third-order valence-electron chi connectivity index (χ3n) is 5.27. The summed E-state index contributed by atoms with van der Waals surface area (Å²) in [6.45, 7) is 1.90. The average molecular weight is 393 g/mol. The van der Waals surface area contributed by atoms with E-state index in [-0.39, 0.29) is 11.7 Å². The zero-order chi connectivity index (χ0) is 20.2. The topological polar surface area (TPSA) is 47.4 Å². The molecule has 0 unspecified atom stereocenters. The number of nitrogens with zero attached hydrogens (tertiary/aromatic N) is 3. The molecule has 29 heavy (non-hydrogen) atoms. The van der Waals surface area contributed by atoms with E-state index >= 15 is 0 Å². The summed E-state index contributed by atoms with van der Waals surface area (Å²) in [7, 11) is 1.83. The minimum absolute atomic E-state index is 0.0376. The van der Waals surface area contributed by atoms with Crippen LogP contribution in [0.3, 0.4) is 0 Å². The van der Waals surface area contributed by atoms with E-state index in [0.29, 0.717) is 23.5 Å². The molecule has 1 aliphatic heterocycles. The first kappa shape index (κ1) is 19.2. The molecule has 150 valence electrons. The third kappa shape index (κ3) is 4.47. The summed E-state index contributed by atoms with van der Waals surface area (Å²) in [5.41, 5.74) is 2.99. The van der Waals surface area contributed by atoms with Gasteiger partial charge in [-0.3, -0.25) is 9.48 Å². The van der Waals surface area contributed by atoms with E-state index < -0.39 is 0 Å². The fraction of sp³-hybridized carbons (Fsp3) is 0.304. The number of piperidine rings is 1. The summed E-state index contributed by atoms with van der Waals surface area (Å²) in [5, 5.41) is 4.10. The predicted octanol–water partition coefficient (Wildman–Crippen LogP) is 4.43. The van der Waals surface area contributed by atoms with Gasteiger partial charge in [0.15, 0.2) is 0 Å². The Balaban J connectivity index is 1.55. The van der Waals surface area contributed by atoms with Crippen molar-refractivity contribution in [3.8, 4) is 16.9 Å². The minimum Gasteiger partial charge on any atom is -0.487 e. The number of carbonyl (C=O) groups excluding carboxylic acids is 1. The summed E-state index contributed by atoms with van der Waals surface area (Å²) < 4.78 is 21.7. The SMILES string of the molecule is Cn1nccc1COc1cc(F)cc(-c2cccc(C(=O)N3CCCCC3)c2)c1. The molecule has 1 fully saturated rings. The quantitative estimate of drug-likeness (QED) is 0.644. The Labute approximate surface area is 169 Å². The van der Waals surface area contributed by atoms with Crippen LogP contribution < -0.4 is 4.74 Å². The lowest BCUT2D eigenvalue weighted by molar-refractivity contribution is 0.0724. The highest BCUT2D eigenvalue weighted by Crippen LogP contribution is 2.27. The van der Waals surface area contributed by atoms with Crippen LogP contribution in [-0.2, 0) is 13.7 Å². The van der Waals surface area contributed by atoms with Crippen molar-refractivity contribution in [1.82, 2.24) is 14.7 Å². The van der Waals surface area contributed by atoms with Gasteiger partial charge in [-0.15, -0.1) is 0 Å². The van der Waals surface area contributed by atoms with E-state index in [2.05, 4.69) is 5.10 Å². The van der Waals surface area contributed by atoms with Crippen LogP contribution in [0.4, 0.5) is 4.39 Å². The lowest BCUT2D eigenvalue weighted by atomic mass is 10.0. The maximum Gasteiger partial charge on any atom is 0.253 e. The number of aryl methyl sites for hydroxylation is 1. The first-order valence-corrected chi connectivity index (χ1v) is 9.90. The molecule has 2 heterocycles. The van der Waals surface area contributed by atoms with Crippen molar-refractivity contribution >= 4 is 5.91 Å². The van der Waals surface area contributed by atoms with Gasteiger partial charge in [0.05, 0.1) is 5.69 Å². The van der Waals surface area contributed by atoms with Gasteiger partial charge in [-0.25, -0.2) is 4.39 Å². The second kappa shape index (κ2) is 8.47. The first-order chi connectivity index (χ1) is 14.1. The van der Waals surface area contributed by atoms with Crippen LogP contribution in [-0.4, -0.2) is 33.7 Å². The Morgan fingerprint density at radius 2 is 1.90 bits per heavy atom. The maximum absolute atomic E-state index is 14.2. The van der Waals surface area contributed by atoms with Gasteiger partial charge in [-0.05, 0) is 60.7 Å².